The predicted octanol–water partition coefficient (Wildman–Crippen LogP) is 4.19. The first kappa shape index (κ1) is 19.5. The highest BCUT2D eigenvalue weighted by molar-refractivity contribution is 6.30. The maximum Gasteiger partial charge on any atom is 0.331 e. The van der Waals surface area contributed by atoms with Crippen molar-refractivity contribution in [3.05, 3.63) is 64.7 Å². The summed E-state index contributed by atoms with van der Waals surface area (Å²) in [6.07, 6.45) is 2.83. The molecule has 26 heavy (non-hydrogen) atoms. The first-order valence-electron chi connectivity index (χ1n) is 7.98. The van der Waals surface area contributed by atoms with Gasteiger partial charge < -0.3 is 14.2 Å². The van der Waals surface area contributed by atoms with Gasteiger partial charge in [0.2, 0.25) is 0 Å². The fourth-order valence-electron chi connectivity index (χ4n) is 2.13. The van der Waals surface area contributed by atoms with Crippen LogP contribution in [0.25, 0.3) is 6.08 Å². The maximum atomic E-state index is 11.9. The van der Waals surface area contributed by atoms with Gasteiger partial charge in [-0.1, -0.05) is 17.7 Å². The average molecular weight is 375 g/mol. The molecule has 0 aliphatic carbocycles. The van der Waals surface area contributed by atoms with Gasteiger partial charge in [0.15, 0.2) is 23.9 Å². The maximum absolute atomic E-state index is 11.9. The van der Waals surface area contributed by atoms with Gasteiger partial charge in [-0.15, -0.1) is 0 Å². The molecule has 0 aromatic heterocycles. The number of halogens is 1. The van der Waals surface area contributed by atoms with E-state index < -0.39 is 5.97 Å². The SMILES string of the molecule is CCOc1ccc(/C=C/C(=O)OCC(=O)c2ccc(Cl)cc2)cc1OC. The number of hydrogen-bond acceptors (Lipinski definition) is 5. The van der Waals surface area contributed by atoms with E-state index in [4.69, 9.17) is 25.8 Å². The van der Waals surface area contributed by atoms with Crippen molar-refractivity contribution in [1.29, 1.82) is 0 Å². The summed E-state index contributed by atoms with van der Waals surface area (Å²) in [5, 5.41) is 0.535. The van der Waals surface area contributed by atoms with Gasteiger partial charge in [0, 0.05) is 16.7 Å². The Labute approximate surface area is 157 Å². The van der Waals surface area contributed by atoms with Crippen LogP contribution in [0.2, 0.25) is 5.02 Å². The van der Waals surface area contributed by atoms with Gasteiger partial charge in [-0.3, -0.25) is 4.79 Å². The minimum absolute atomic E-state index is 0.300. The number of methoxy groups -OCH3 is 1. The van der Waals surface area contributed by atoms with Gasteiger partial charge in [-0.2, -0.15) is 0 Å². The van der Waals surface area contributed by atoms with E-state index >= 15 is 0 Å². The number of hydrogen-bond donors (Lipinski definition) is 0. The molecular formula is C20H19ClO5. The lowest BCUT2D eigenvalue weighted by molar-refractivity contribution is -0.136. The summed E-state index contributed by atoms with van der Waals surface area (Å²) in [4.78, 5) is 23.7. The number of Topliss-reactive ketones (excluding diaryl/α,β-unsaturated/α-hetero) is 1. The number of benzene rings is 2. The van der Waals surface area contributed by atoms with E-state index in [0.717, 1.165) is 5.56 Å². The zero-order valence-electron chi connectivity index (χ0n) is 14.5. The van der Waals surface area contributed by atoms with Crippen molar-refractivity contribution < 1.29 is 23.8 Å². The van der Waals surface area contributed by atoms with Crippen molar-refractivity contribution in [2.75, 3.05) is 20.3 Å². The minimum Gasteiger partial charge on any atom is -0.493 e. The van der Waals surface area contributed by atoms with Crippen LogP contribution in [-0.2, 0) is 9.53 Å². The lowest BCUT2D eigenvalue weighted by Crippen LogP contribution is -2.12. The largest absolute Gasteiger partial charge is 0.493 e. The average Bonchev–Trinajstić information content (AvgIpc) is 2.66. The van der Waals surface area contributed by atoms with Crippen LogP contribution in [0.4, 0.5) is 0 Å². The van der Waals surface area contributed by atoms with Crippen molar-refractivity contribution in [2.24, 2.45) is 0 Å². The van der Waals surface area contributed by atoms with Gasteiger partial charge in [-0.05, 0) is 55.0 Å². The molecule has 0 aliphatic rings. The van der Waals surface area contributed by atoms with Crippen LogP contribution in [0.5, 0.6) is 11.5 Å². The Balaban J connectivity index is 1.92. The molecule has 5 nitrogen and oxygen atoms in total. The Morgan fingerprint density at radius 2 is 1.81 bits per heavy atom. The zero-order chi connectivity index (χ0) is 18.9. The predicted molar refractivity (Wildman–Crippen MR) is 99.9 cm³/mol. The van der Waals surface area contributed by atoms with Gasteiger partial charge in [0.25, 0.3) is 0 Å². The number of ketones is 1. The Kier molecular flexibility index (Phi) is 7.24. The van der Waals surface area contributed by atoms with Crippen LogP contribution < -0.4 is 9.47 Å². The van der Waals surface area contributed by atoms with Crippen molar-refractivity contribution >= 4 is 29.4 Å². The summed E-state index contributed by atoms with van der Waals surface area (Å²) in [5.74, 6) is 0.287. The van der Waals surface area contributed by atoms with Crippen molar-refractivity contribution in [3.8, 4) is 11.5 Å². The minimum atomic E-state index is -0.611. The van der Waals surface area contributed by atoms with Gasteiger partial charge in [0.1, 0.15) is 0 Å². The summed E-state index contributed by atoms with van der Waals surface area (Å²) in [7, 11) is 1.54. The highest BCUT2D eigenvalue weighted by Crippen LogP contribution is 2.28. The van der Waals surface area contributed by atoms with Crippen LogP contribution in [0.3, 0.4) is 0 Å². The first-order chi connectivity index (χ1) is 12.5. The summed E-state index contributed by atoms with van der Waals surface area (Å²) >= 11 is 5.77. The molecule has 0 bridgehead atoms. The highest BCUT2D eigenvalue weighted by atomic mass is 35.5. The zero-order valence-corrected chi connectivity index (χ0v) is 15.3. The second-order valence-electron chi connectivity index (χ2n) is 5.21. The summed E-state index contributed by atoms with van der Waals surface area (Å²) in [6.45, 7) is 2.07. The number of carbonyl (C=O) groups is 2. The molecule has 6 heteroatoms. The molecule has 136 valence electrons. The van der Waals surface area contributed by atoms with Crippen LogP contribution in [0.1, 0.15) is 22.8 Å². The third-order valence-electron chi connectivity index (χ3n) is 3.41. The van der Waals surface area contributed by atoms with E-state index in [9.17, 15) is 9.59 Å². The lowest BCUT2D eigenvalue weighted by Gasteiger charge is -2.09. The lowest BCUT2D eigenvalue weighted by atomic mass is 10.1. The molecule has 2 aromatic rings. The second kappa shape index (κ2) is 9.63. The van der Waals surface area contributed by atoms with Gasteiger partial charge in [-0.25, -0.2) is 4.79 Å². The smallest absolute Gasteiger partial charge is 0.331 e. The summed E-state index contributed by atoms with van der Waals surface area (Å²) in [6, 6.07) is 11.7. The quantitative estimate of drug-likeness (QED) is 0.394. The van der Waals surface area contributed by atoms with Crippen LogP contribution in [0.15, 0.2) is 48.5 Å². The fraction of sp³-hybridized carbons (Fsp3) is 0.200. The van der Waals surface area contributed by atoms with E-state index in [1.54, 1.807) is 55.7 Å². The molecule has 0 saturated heterocycles. The molecule has 0 unspecified atom stereocenters. The molecule has 0 radical (unpaired) electrons. The van der Waals surface area contributed by atoms with Crippen molar-refractivity contribution in [2.45, 2.75) is 6.92 Å². The molecule has 0 saturated carbocycles. The van der Waals surface area contributed by atoms with Crippen LogP contribution >= 0.6 is 11.6 Å². The number of rotatable bonds is 8. The first-order valence-corrected chi connectivity index (χ1v) is 8.35. The van der Waals surface area contributed by atoms with Crippen LogP contribution in [0, 0.1) is 0 Å². The molecule has 0 amide bonds. The van der Waals surface area contributed by atoms with E-state index in [0.29, 0.717) is 28.7 Å². The number of carbonyl (C=O) groups excluding carboxylic acids is 2. The summed E-state index contributed by atoms with van der Waals surface area (Å²) < 4.78 is 15.7. The van der Waals surface area contributed by atoms with E-state index in [1.807, 2.05) is 6.92 Å². The third-order valence-corrected chi connectivity index (χ3v) is 3.66. The Morgan fingerprint density at radius 1 is 1.08 bits per heavy atom. The fourth-order valence-corrected chi connectivity index (χ4v) is 2.26. The number of ether oxygens (including phenoxy) is 3. The standard InChI is InChI=1S/C20H19ClO5/c1-3-25-18-10-4-14(12-19(18)24-2)5-11-20(23)26-13-17(22)15-6-8-16(21)9-7-15/h4-12H,3,13H2,1-2H3/b11-5+. The van der Waals surface area contributed by atoms with Gasteiger partial charge in [0.05, 0.1) is 13.7 Å². The topological polar surface area (TPSA) is 61.8 Å². The molecule has 2 rings (SSSR count). The monoisotopic (exact) mass is 374 g/mol. The summed E-state index contributed by atoms with van der Waals surface area (Å²) in [5.41, 5.74) is 1.17. The highest BCUT2D eigenvalue weighted by Gasteiger charge is 2.09. The Morgan fingerprint density at radius 3 is 2.46 bits per heavy atom. The van der Waals surface area contributed by atoms with E-state index in [2.05, 4.69) is 0 Å². The normalized spacial score (nSPS) is 10.6. The van der Waals surface area contributed by atoms with Crippen molar-refractivity contribution in [3.63, 3.8) is 0 Å². The Bertz CT molecular complexity index is 796. The molecule has 2 aromatic carbocycles. The Hall–Kier alpha value is -2.79. The molecule has 0 aliphatic heterocycles. The molecular weight excluding hydrogens is 356 g/mol. The number of esters is 1. The van der Waals surface area contributed by atoms with Crippen LogP contribution in [-0.4, -0.2) is 32.1 Å². The molecule has 0 heterocycles. The van der Waals surface area contributed by atoms with E-state index in [-0.39, 0.29) is 12.4 Å². The van der Waals surface area contributed by atoms with Gasteiger partial charge >= 0.3 is 5.97 Å². The molecule has 0 fully saturated rings. The molecule has 0 spiro atoms. The molecule has 0 atom stereocenters. The molecule has 0 N–H and O–H groups in total. The second-order valence-corrected chi connectivity index (χ2v) is 5.65. The third kappa shape index (κ3) is 5.63. The van der Waals surface area contributed by atoms with Crippen molar-refractivity contribution in [1.82, 2.24) is 0 Å². The van der Waals surface area contributed by atoms with E-state index in [1.165, 1.54) is 6.08 Å².